The van der Waals surface area contributed by atoms with Crippen LogP contribution >= 0.6 is 0 Å². The van der Waals surface area contributed by atoms with Crippen LogP contribution in [0.1, 0.15) is 52.4 Å². The van der Waals surface area contributed by atoms with Crippen LogP contribution in [-0.2, 0) is 9.84 Å². The molecule has 0 heterocycles. The van der Waals surface area contributed by atoms with Crippen molar-refractivity contribution in [1.29, 1.82) is 0 Å². The van der Waals surface area contributed by atoms with Gasteiger partial charge >= 0.3 is 0 Å². The topological polar surface area (TPSA) is 46.2 Å². The lowest BCUT2D eigenvalue weighted by atomic mass is 10.0. The molecular formula is C13H27NO2S. The summed E-state index contributed by atoms with van der Waals surface area (Å²) in [5, 5.41) is 3.10. The first-order valence-electron chi connectivity index (χ1n) is 6.90. The van der Waals surface area contributed by atoms with Crippen molar-refractivity contribution in [3.63, 3.8) is 0 Å². The summed E-state index contributed by atoms with van der Waals surface area (Å²) in [7, 11) is -1.04. The second-order valence-electron chi connectivity index (χ2n) is 5.37. The number of nitrogens with one attached hydrogen (secondary N) is 1. The summed E-state index contributed by atoms with van der Waals surface area (Å²) >= 11 is 0. The Balaban J connectivity index is 2.63. The summed E-state index contributed by atoms with van der Waals surface area (Å²) in [6, 6.07) is 0.104. The van der Waals surface area contributed by atoms with Crippen molar-refractivity contribution >= 4 is 9.84 Å². The van der Waals surface area contributed by atoms with Crippen molar-refractivity contribution in [2.45, 2.75) is 63.7 Å². The van der Waals surface area contributed by atoms with Gasteiger partial charge in [0.15, 0.2) is 9.84 Å². The van der Waals surface area contributed by atoms with E-state index < -0.39 is 9.84 Å². The first-order valence-corrected chi connectivity index (χ1v) is 8.61. The van der Waals surface area contributed by atoms with E-state index in [4.69, 9.17) is 0 Å². The monoisotopic (exact) mass is 261 g/mol. The van der Waals surface area contributed by atoms with Gasteiger partial charge in [0.2, 0.25) is 0 Å². The Kier molecular flexibility index (Phi) is 5.93. The zero-order chi connectivity index (χ0) is 12.9. The molecule has 2 atom stereocenters. The predicted molar refractivity (Wildman–Crippen MR) is 73.0 cm³/mol. The molecule has 0 aromatic carbocycles. The van der Waals surface area contributed by atoms with Crippen molar-refractivity contribution in [3.8, 4) is 0 Å². The highest BCUT2D eigenvalue weighted by molar-refractivity contribution is 7.92. The Labute approximate surface area is 106 Å². The van der Waals surface area contributed by atoms with Crippen molar-refractivity contribution in [2.24, 2.45) is 5.92 Å². The Morgan fingerprint density at radius 1 is 1.24 bits per heavy atom. The van der Waals surface area contributed by atoms with E-state index in [-0.39, 0.29) is 11.3 Å². The van der Waals surface area contributed by atoms with Gasteiger partial charge in [-0.3, -0.25) is 0 Å². The maximum absolute atomic E-state index is 12.3. The van der Waals surface area contributed by atoms with Gasteiger partial charge in [0.05, 0.1) is 11.0 Å². The molecule has 0 bridgehead atoms. The minimum atomic E-state index is -2.91. The Bertz CT molecular complexity index is 307. The van der Waals surface area contributed by atoms with Crippen LogP contribution in [0.15, 0.2) is 0 Å². The van der Waals surface area contributed by atoms with Crippen LogP contribution in [0.4, 0.5) is 0 Å². The molecule has 102 valence electrons. The molecule has 2 unspecified atom stereocenters. The summed E-state index contributed by atoms with van der Waals surface area (Å²) in [5.41, 5.74) is 0. The first-order chi connectivity index (χ1) is 8.01. The molecule has 0 spiro atoms. The molecule has 1 N–H and O–H groups in total. The average molecular weight is 261 g/mol. The van der Waals surface area contributed by atoms with Gasteiger partial charge in [-0.1, -0.05) is 39.5 Å². The maximum Gasteiger partial charge on any atom is 0.154 e. The second kappa shape index (κ2) is 6.74. The molecule has 3 nitrogen and oxygen atoms in total. The SMILES string of the molecule is CCC(C)C(CS(=O)(=O)C1CCCCC1)NC. The van der Waals surface area contributed by atoms with Gasteiger partial charge in [-0.05, 0) is 25.8 Å². The van der Waals surface area contributed by atoms with Crippen molar-refractivity contribution in [1.82, 2.24) is 5.32 Å². The molecular weight excluding hydrogens is 234 g/mol. The molecule has 0 saturated heterocycles. The van der Waals surface area contributed by atoms with Crippen LogP contribution in [0.5, 0.6) is 0 Å². The van der Waals surface area contributed by atoms with E-state index in [0.29, 0.717) is 11.7 Å². The highest BCUT2D eigenvalue weighted by atomic mass is 32.2. The van der Waals surface area contributed by atoms with Gasteiger partial charge in [-0.2, -0.15) is 0 Å². The van der Waals surface area contributed by atoms with Crippen molar-refractivity contribution in [3.05, 3.63) is 0 Å². The molecule has 1 rings (SSSR count). The van der Waals surface area contributed by atoms with Crippen LogP contribution in [0, 0.1) is 5.92 Å². The summed E-state index contributed by atoms with van der Waals surface area (Å²) < 4.78 is 24.7. The molecule has 0 amide bonds. The van der Waals surface area contributed by atoms with E-state index in [2.05, 4.69) is 19.2 Å². The normalized spacial score (nSPS) is 22.3. The van der Waals surface area contributed by atoms with Gasteiger partial charge in [0.25, 0.3) is 0 Å². The molecule has 1 fully saturated rings. The highest BCUT2D eigenvalue weighted by Crippen LogP contribution is 2.25. The van der Waals surface area contributed by atoms with E-state index in [1.807, 2.05) is 7.05 Å². The molecule has 1 aliphatic rings. The third-order valence-electron chi connectivity index (χ3n) is 4.17. The fraction of sp³-hybridized carbons (Fsp3) is 1.00. The summed E-state index contributed by atoms with van der Waals surface area (Å²) in [5.74, 6) is 0.724. The van der Waals surface area contributed by atoms with Gasteiger partial charge in [0, 0.05) is 6.04 Å². The molecule has 1 saturated carbocycles. The number of hydrogen-bond donors (Lipinski definition) is 1. The average Bonchev–Trinajstić information content (AvgIpc) is 2.36. The third-order valence-corrected chi connectivity index (χ3v) is 6.48. The van der Waals surface area contributed by atoms with Crippen LogP contribution < -0.4 is 5.32 Å². The lowest BCUT2D eigenvalue weighted by Gasteiger charge is -2.27. The quantitative estimate of drug-likeness (QED) is 0.798. The lowest BCUT2D eigenvalue weighted by molar-refractivity contribution is 0.408. The molecule has 4 heteroatoms. The molecule has 0 aliphatic heterocycles. The zero-order valence-electron chi connectivity index (χ0n) is 11.4. The number of rotatable bonds is 6. The fourth-order valence-electron chi connectivity index (χ4n) is 2.63. The van der Waals surface area contributed by atoms with Crippen molar-refractivity contribution in [2.75, 3.05) is 12.8 Å². The Morgan fingerprint density at radius 2 is 1.82 bits per heavy atom. The van der Waals surface area contributed by atoms with Crippen molar-refractivity contribution < 1.29 is 8.42 Å². The second-order valence-corrected chi connectivity index (χ2v) is 7.70. The molecule has 0 aromatic heterocycles. The number of hydrogen-bond acceptors (Lipinski definition) is 3. The third kappa shape index (κ3) is 4.25. The standard InChI is InChI=1S/C13H27NO2S/c1-4-11(2)13(14-3)10-17(15,16)12-8-6-5-7-9-12/h11-14H,4-10H2,1-3H3. The maximum atomic E-state index is 12.3. The molecule has 17 heavy (non-hydrogen) atoms. The largest absolute Gasteiger partial charge is 0.316 e. The van der Waals surface area contributed by atoms with Gasteiger partial charge in [-0.15, -0.1) is 0 Å². The van der Waals surface area contributed by atoms with Gasteiger partial charge in [0.1, 0.15) is 0 Å². The summed E-state index contributed by atoms with van der Waals surface area (Å²) in [4.78, 5) is 0. The van der Waals surface area contributed by atoms with E-state index in [0.717, 1.165) is 32.1 Å². The van der Waals surface area contributed by atoms with E-state index >= 15 is 0 Å². The highest BCUT2D eigenvalue weighted by Gasteiger charge is 2.30. The Hall–Kier alpha value is -0.0900. The molecule has 1 aliphatic carbocycles. The summed E-state index contributed by atoms with van der Waals surface area (Å²) in [6.45, 7) is 4.24. The van der Waals surface area contributed by atoms with E-state index in [1.54, 1.807) is 0 Å². The molecule has 0 radical (unpaired) electrons. The van der Waals surface area contributed by atoms with Gasteiger partial charge in [-0.25, -0.2) is 8.42 Å². The summed E-state index contributed by atoms with van der Waals surface area (Å²) in [6.07, 6.45) is 6.13. The van der Waals surface area contributed by atoms with E-state index in [9.17, 15) is 8.42 Å². The minimum Gasteiger partial charge on any atom is -0.316 e. The zero-order valence-corrected chi connectivity index (χ0v) is 12.2. The van der Waals surface area contributed by atoms with Crippen LogP contribution in [-0.4, -0.2) is 32.5 Å². The predicted octanol–water partition coefficient (Wildman–Crippen LogP) is 2.37. The number of sulfone groups is 1. The van der Waals surface area contributed by atoms with E-state index in [1.165, 1.54) is 6.42 Å². The van der Waals surface area contributed by atoms with Crippen LogP contribution in [0.2, 0.25) is 0 Å². The first kappa shape index (κ1) is 15.0. The van der Waals surface area contributed by atoms with Crippen LogP contribution in [0.25, 0.3) is 0 Å². The lowest BCUT2D eigenvalue weighted by Crippen LogP contribution is -2.41. The Morgan fingerprint density at radius 3 is 2.29 bits per heavy atom. The van der Waals surface area contributed by atoms with Crippen LogP contribution in [0.3, 0.4) is 0 Å². The fourth-order valence-corrected chi connectivity index (χ4v) is 4.95. The molecule has 0 aromatic rings. The van der Waals surface area contributed by atoms with Gasteiger partial charge < -0.3 is 5.32 Å². The smallest absolute Gasteiger partial charge is 0.154 e. The minimum absolute atomic E-state index is 0.0730.